The van der Waals surface area contributed by atoms with Crippen molar-refractivity contribution in [3.05, 3.63) is 28.2 Å². The molecule has 2 rings (SSSR count). The average Bonchev–Trinajstić information content (AvgIpc) is 2.43. The first-order valence-electron chi connectivity index (χ1n) is 6.64. The van der Waals surface area contributed by atoms with E-state index in [-0.39, 0.29) is 25.5 Å². The zero-order chi connectivity index (χ0) is 16.1. The van der Waals surface area contributed by atoms with Gasteiger partial charge in [-0.25, -0.2) is 0 Å². The summed E-state index contributed by atoms with van der Waals surface area (Å²) in [6.45, 7) is 0.794. The number of hydrogen-bond donors (Lipinski definition) is 1. The summed E-state index contributed by atoms with van der Waals surface area (Å²) in [6, 6.07) is 4.69. The number of benzene rings is 1. The number of nitrogens with zero attached hydrogens (tertiary/aromatic N) is 1. The maximum atomic E-state index is 12.1. The van der Waals surface area contributed by atoms with Gasteiger partial charge in [-0.15, -0.1) is 0 Å². The van der Waals surface area contributed by atoms with Crippen LogP contribution in [0.2, 0.25) is 10.0 Å². The molecule has 1 aliphatic heterocycles. The van der Waals surface area contributed by atoms with E-state index in [1.807, 2.05) is 0 Å². The zero-order valence-corrected chi connectivity index (χ0v) is 13.1. The number of hydrogen-bond acceptors (Lipinski definition) is 4. The van der Waals surface area contributed by atoms with Gasteiger partial charge in [0.1, 0.15) is 5.75 Å². The maximum absolute atomic E-state index is 12.1. The van der Waals surface area contributed by atoms with Crippen LogP contribution >= 0.6 is 23.2 Å². The van der Waals surface area contributed by atoms with E-state index in [9.17, 15) is 9.59 Å². The summed E-state index contributed by atoms with van der Waals surface area (Å²) in [4.78, 5) is 24.3. The van der Waals surface area contributed by atoms with Crippen LogP contribution in [-0.2, 0) is 14.3 Å². The van der Waals surface area contributed by atoms with Crippen LogP contribution in [0.5, 0.6) is 5.75 Å². The highest BCUT2D eigenvalue weighted by Crippen LogP contribution is 2.24. The fourth-order valence-electron chi connectivity index (χ4n) is 2.11. The van der Waals surface area contributed by atoms with Gasteiger partial charge in [0.15, 0.2) is 6.61 Å². The molecule has 1 N–H and O–H groups in total. The Morgan fingerprint density at radius 2 is 2.00 bits per heavy atom. The molecule has 1 atom stereocenters. The summed E-state index contributed by atoms with van der Waals surface area (Å²) < 4.78 is 10.7. The van der Waals surface area contributed by atoms with Crippen LogP contribution in [0.4, 0.5) is 0 Å². The number of ether oxygens (including phenoxy) is 2. The van der Waals surface area contributed by atoms with Crippen molar-refractivity contribution in [2.45, 2.75) is 12.5 Å². The summed E-state index contributed by atoms with van der Waals surface area (Å²) in [7, 11) is 0. The molecule has 0 aromatic heterocycles. The molecular weight excluding hydrogens is 333 g/mol. The molecule has 1 heterocycles. The number of carbonyl (C=O) groups is 2. The van der Waals surface area contributed by atoms with Gasteiger partial charge in [-0.3, -0.25) is 9.59 Å². The first kappa shape index (κ1) is 16.9. The number of halogens is 2. The quantitative estimate of drug-likeness (QED) is 0.882. The third kappa shape index (κ3) is 5.05. The van der Waals surface area contributed by atoms with Crippen LogP contribution in [0.15, 0.2) is 18.2 Å². The monoisotopic (exact) mass is 347 g/mol. The number of amides is 1. The molecule has 0 aliphatic carbocycles. The SMILES string of the molecule is O=C(O)CC1CN(C(=O)COc2cc(Cl)cc(Cl)c2)CCO1. The van der Waals surface area contributed by atoms with Gasteiger partial charge in [0, 0.05) is 23.1 Å². The normalized spacial score (nSPS) is 18.1. The van der Waals surface area contributed by atoms with Gasteiger partial charge in [0.25, 0.3) is 5.91 Å². The van der Waals surface area contributed by atoms with Crippen LogP contribution in [0, 0.1) is 0 Å². The lowest BCUT2D eigenvalue weighted by molar-refractivity contribution is -0.148. The van der Waals surface area contributed by atoms with E-state index in [0.29, 0.717) is 28.9 Å². The lowest BCUT2D eigenvalue weighted by Crippen LogP contribution is -2.47. The highest BCUT2D eigenvalue weighted by atomic mass is 35.5. The van der Waals surface area contributed by atoms with E-state index < -0.39 is 12.1 Å². The third-order valence-electron chi connectivity index (χ3n) is 3.09. The Balaban J connectivity index is 1.87. The Kier molecular flexibility index (Phi) is 5.88. The number of morpholine rings is 1. The largest absolute Gasteiger partial charge is 0.484 e. The second kappa shape index (κ2) is 7.67. The van der Waals surface area contributed by atoms with Gasteiger partial charge in [-0.1, -0.05) is 23.2 Å². The second-order valence-electron chi connectivity index (χ2n) is 4.82. The van der Waals surface area contributed by atoms with Crippen LogP contribution in [-0.4, -0.2) is 54.3 Å². The number of carboxylic acids is 1. The molecule has 1 unspecified atom stereocenters. The highest BCUT2D eigenvalue weighted by molar-refractivity contribution is 6.34. The molecule has 120 valence electrons. The van der Waals surface area contributed by atoms with Crippen LogP contribution in [0.25, 0.3) is 0 Å². The first-order valence-corrected chi connectivity index (χ1v) is 7.39. The molecule has 0 saturated carbocycles. The molecule has 1 aromatic carbocycles. The maximum Gasteiger partial charge on any atom is 0.306 e. The van der Waals surface area contributed by atoms with Crippen molar-refractivity contribution in [2.75, 3.05) is 26.3 Å². The smallest absolute Gasteiger partial charge is 0.306 e. The van der Waals surface area contributed by atoms with E-state index in [1.165, 1.54) is 4.90 Å². The molecule has 0 spiro atoms. The fourth-order valence-corrected chi connectivity index (χ4v) is 2.62. The number of carboxylic acid groups (broad SMARTS) is 1. The average molecular weight is 348 g/mol. The van der Waals surface area contributed by atoms with Gasteiger partial charge in [0.05, 0.1) is 19.1 Å². The van der Waals surface area contributed by atoms with Crippen molar-refractivity contribution in [3.8, 4) is 5.75 Å². The first-order chi connectivity index (χ1) is 10.4. The molecule has 22 heavy (non-hydrogen) atoms. The van der Waals surface area contributed by atoms with Gasteiger partial charge in [-0.2, -0.15) is 0 Å². The number of carbonyl (C=O) groups excluding carboxylic acids is 1. The number of rotatable bonds is 5. The van der Waals surface area contributed by atoms with Gasteiger partial charge < -0.3 is 19.5 Å². The molecule has 6 nitrogen and oxygen atoms in total. The fraction of sp³-hybridized carbons (Fsp3) is 0.429. The molecule has 8 heteroatoms. The Morgan fingerprint density at radius 1 is 1.32 bits per heavy atom. The summed E-state index contributed by atoms with van der Waals surface area (Å²) in [5, 5.41) is 9.60. The Bertz CT molecular complexity index is 546. The van der Waals surface area contributed by atoms with Crippen LogP contribution < -0.4 is 4.74 Å². The highest BCUT2D eigenvalue weighted by Gasteiger charge is 2.26. The summed E-state index contributed by atoms with van der Waals surface area (Å²) in [5.74, 6) is -0.792. The van der Waals surface area contributed by atoms with Gasteiger partial charge >= 0.3 is 5.97 Å². The molecule has 1 aliphatic rings. The molecule has 0 radical (unpaired) electrons. The van der Waals surface area contributed by atoms with E-state index in [2.05, 4.69) is 0 Å². The summed E-state index contributed by atoms with van der Waals surface area (Å²) in [5.41, 5.74) is 0. The topological polar surface area (TPSA) is 76.1 Å². The van der Waals surface area contributed by atoms with Gasteiger partial charge in [-0.05, 0) is 18.2 Å². The molecular formula is C14H15Cl2NO5. The van der Waals surface area contributed by atoms with E-state index >= 15 is 0 Å². The summed E-state index contributed by atoms with van der Waals surface area (Å²) >= 11 is 11.7. The summed E-state index contributed by atoms with van der Waals surface area (Å²) in [6.07, 6.45) is -0.620. The van der Waals surface area contributed by atoms with Crippen molar-refractivity contribution in [2.24, 2.45) is 0 Å². The van der Waals surface area contributed by atoms with E-state index in [4.69, 9.17) is 37.8 Å². The van der Waals surface area contributed by atoms with Crippen LogP contribution in [0.3, 0.4) is 0 Å². The molecule has 1 saturated heterocycles. The van der Waals surface area contributed by atoms with Crippen molar-refractivity contribution in [3.63, 3.8) is 0 Å². The standard InChI is InChI=1S/C14H15Cl2NO5/c15-9-3-10(16)5-11(4-9)22-8-13(18)17-1-2-21-12(7-17)6-14(19)20/h3-5,12H,1-2,6-8H2,(H,19,20). The van der Waals surface area contributed by atoms with Crippen molar-refractivity contribution in [1.29, 1.82) is 0 Å². The van der Waals surface area contributed by atoms with Crippen molar-refractivity contribution < 1.29 is 24.2 Å². The minimum absolute atomic E-state index is 0.130. The lowest BCUT2D eigenvalue weighted by atomic mass is 10.2. The molecule has 0 bridgehead atoms. The minimum atomic E-state index is -0.955. The van der Waals surface area contributed by atoms with Crippen LogP contribution in [0.1, 0.15) is 6.42 Å². The van der Waals surface area contributed by atoms with Crippen molar-refractivity contribution >= 4 is 35.1 Å². The second-order valence-corrected chi connectivity index (χ2v) is 5.70. The lowest BCUT2D eigenvalue weighted by Gasteiger charge is -2.32. The number of aliphatic carboxylic acids is 1. The Labute approximate surface area is 137 Å². The molecule has 1 aromatic rings. The molecule has 1 fully saturated rings. The van der Waals surface area contributed by atoms with Gasteiger partial charge in [0.2, 0.25) is 0 Å². The Morgan fingerprint density at radius 3 is 2.64 bits per heavy atom. The van der Waals surface area contributed by atoms with E-state index in [1.54, 1.807) is 18.2 Å². The predicted molar refractivity (Wildman–Crippen MR) is 80.5 cm³/mol. The third-order valence-corrected chi connectivity index (χ3v) is 3.53. The predicted octanol–water partition coefficient (Wildman–Crippen LogP) is 2.07. The van der Waals surface area contributed by atoms with E-state index in [0.717, 1.165) is 0 Å². The zero-order valence-electron chi connectivity index (χ0n) is 11.6. The van der Waals surface area contributed by atoms with Crippen molar-refractivity contribution in [1.82, 2.24) is 4.90 Å². The minimum Gasteiger partial charge on any atom is -0.484 e. The Hall–Kier alpha value is -1.50. The molecule has 1 amide bonds.